The average Bonchev–Trinajstić information content (AvgIpc) is 2.84. The lowest BCUT2D eigenvalue weighted by atomic mass is 10.2. The number of rotatable bonds is 6. The predicted molar refractivity (Wildman–Crippen MR) is 83.9 cm³/mol. The lowest BCUT2D eigenvalue weighted by molar-refractivity contribution is 0.0937. The van der Waals surface area contributed by atoms with Crippen LogP contribution < -0.4 is 10.1 Å². The molecule has 118 valence electrons. The van der Waals surface area contributed by atoms with Gasteiger partial charge in [-0.05, 0) is 37.5 Å². The number of amides is 1. The molecule has 1 N–H and O–H groups in total. The van der Waals surface area contributed by atoms with E-state index in [2.05, 4.69) is 10.5 Å². The molecule has 2 aromatic rings. The van der Waals surface area contributed by atoms with Gasteiger partial charge in [-0.25, -0.2) is 0 Å². The zero-order valence-electron chi connectivity index (χ0n) is 13.5. The standard InChI is InChI=1S/C17H22N2O3/c1-11(2)9-18-17(20)16-15(13(4)22-19-16)10-21-14-7-5-6-12(3)8-14/h5-8,11H,9-10H2,1-4H3,(H,18,20). The quantitative estimate of drug-likeness (QED) is 0.889. The summed E-state index contributed by atoms with van der Waals surface area (Å²) in [7, 11) is 0. The van der Waals surface area contributed by atoms with Crippen molar-refractivity contribution < 1.29 is 14.1 Å². The zero-order valence-corrected chi connectivity index (χ0v) is 13.5. The van der Waals surface area contributed by atoms with Crippen LogP contribution in [0, 0.1) is 19.8 Å². The molecule has 22 heavy (non-hydrogen) atoms. The van der Waals surface area contributed by atoms with Gasteiger partial charge in [0.25, 0.3) is 5.91 Å². The molecule has 0 bridgehead atoms. The van der Waals surface area contributed by atoms with Gasteiger partial charge in [-0.3, -0.25) is 4.79 Å². The molecule has 0 saturated heterocycles. The largest absolute Gasteiger partial charge is 0.489 e. The van der Waals surface area contributed by atoms with Crippen LogP contribution in [-0.2, 0) is 6.61 Å². The molecule has 1 aromatic heterocycles. The lowest BCUT2D eigenvalue weighted by Crippen LogP contribution is -2.28. The SMILES string of the molecule is Cc1cccc(OCc2c(C(=O)NCC(C)C)noc2C)c1. The van der Waals surface area contributed by atoms with Crippen LogP contribution >= 0.6 is 0 Å². The number of aryl methyl sites for hydroxylation is 2. The van der Waals surface area contributed by atoms with Gasteiger partial charge >= 0.3 is 0 Å². The van der Waals surface area contributed by atoms with Crippen molar-refractivity contribution in [1.82, 2.24) is 10.5 Å². The molecule has 5 nitrogen and oxygen atoms in total. The van der Waals surface area contributed by atoms with Crippen molar-refractivity contribution in [1.29, 1.82) is 0 Å². The lowest BCUT2D eigenvalue weighted by Gasteiger charge is -2.09. The fraction of sp³-hybridized carbons (Fsp3) is 0.412. The third-order valence-corrected chi connectivity index (χ3v) is 3.24. The molecule has 0 unspecified atom stereocenters. The predicted octanol–water partition coefficient (Wildman–Crippen LogP) is 3.26. The summed E-state index contributed by atoms with van der Waals surface area (Å²) in [5, 5.41) is 6.70. The van der Waals surface area contributed by atoms with Crippen molar-refractivity contribution in [2.24, 2.45) is 5.92 Å². The van der Waals surface area contributed by atoms with Crippen LogP contribution in [0.2, 0.25) is 0 Å². The van der Waals surface area contributed by atoms with Crippen molar-refractivity contribution in [3.05, 3.63) is 46.8 Å². The van der Waals surface area contributed by atoms with E-state index in [1.165, 1.54) is 0 Å². The monoisotopic (exact) mass is 302 g/mol. The van der Waals surface area contributed by atoms with Crippen molar-refractivity contribution in [2.75, 3.05) is 6.54 Å². The highest BCUT2D eigenvalue weighted by atomic mass is 16.5. The molecule has 0 aliphatic rings. The molecule has 0 saturated carbocycles. The molecule has 1 aromatic carbocycles. The number of carbonyl (C=O) groups is 1. The number of carbonyl (C=O) groups excluding carboxylic acids is 1. The first-order valence-electron chi connectivity index (χ1n) is 7.40. The van der Waals surface area contributed by atoms with Gasteiger partial charge in [0.05, 0.1) is 5.56 Å². The molecule has 0 aliphatic carbocycles. The number of benzene rings is 1. The van der Waals surface area contributed by atoms with E-state index in [0.717, 1.165) is 11.3 Å². The van der Waals surface area contributed by atoms with Gasteiger partial charge in [-0.15, -0.1) is 0 Å². The Balaban J connectivity index is 2.07. The molecule has 0 radical (unpaired) electrons. The second-order valence-electron chi connectivity index (χ2n) is 5.77. The van der Waals surface area contributed by atoms with E-state index in [0.29, 0.717) is 29.5 Å². The molecule has 1 amide bonds. The minimum absolute atomic E-state index is 0.228. The second-order valence-corrected chi connectivity index (χ2v) is 5.77. The molecule has 5 heteroatoms. The van der Waals surface area contributed by atoms with Gasteiger partial charge in [0.15, 0.2) is 5.69 Å². The molecule has 0 aliphatic heterocycles. The summed E-state index contributed by atoms with van der Waals surface area (Å²) in [4.78, 5) is 12.2. The maximum atomic E-state index is 12.2. The molecule has 0 fully saturated rings. The van der Waals surface area contributed by atoms with Crippen LogP contribution in [0.15, 0.2) is 28.8 Å². The Bertz CT molecular complexity index is 647. The third-order valence-electron chi connectivity index (χ3n) is 3.24. The van der Waals surface area contributed by atoms with Crippen LogP contribution in [0.25, 0.3) is 0 Å². The van der Waals surface area contributed by atoms with Gasteiger partial charge < -0.3 is 14.6 Å². The van der Waals surface area contributed by atoms with Gasteiger partial charge in [-0.1, -0.05) is 31.1 Å². The van der Waals surface area contributed by atoms with Crippen molar-refractivity contribution in [2.45, 2.75) is 34.3 Å². The maximum Gasteiger partial charge on any atom is 0.273 e. The molecular formula is C17H22N2O3. The zero-order chi connectivity index (χ0) is 16.1. The second kappa shape index (κ2) is 7.11. The van der Waals surface area contributed by atoms with E-state index in [1.54, 1.807) is 6.92 Å². The van der Waals surface area contributed by atoms with Crippen molar-refractivity contribution in [3.8, 4) is 5.75 Å². The summed E-state index contributed by atoms with van der Waals surface area (Å²) in [5.74, 6) is 1.51. The number of ether oxygens (including phenoxy) is 1. The van der Waals surface area contributed by atoms with E-state index in [-0.39, 0.29) is 12.5 Å². The summed E-state index contributed by atoms with van der Waals surface area (Å²) in [6, 6.07) is 7.76. The summed E-state index contributed by atoms with van der Waals surface area (Å²) in [6.07, 6.45) is 0. The normalized spacial score (nSPS) is 10.8. The maximum absolute atomic E-state index is 12.2. The van der Waals surface area contributed by atoms with E-state index < -0.39 is 0 Å². The van der Waals surface area contributed by atoms with Crippen LogP contribution in [-0.4, -0.2) is 17.6 Å². The number of nitrogens with zero attached hydrogens (tertiary/aromatic N) is 1. The van der Waals surface area contributed by atoms with Crippen LogP contribution in [0.5, 0.6) is 5.75 Å². The highest BCUT2D eigenvalue weighted by molar-refractivity contribution is 5.93. The minimum Gasteiger partial charge on any atom is -0.489 e. The summed E-state index contributed by atoms with van der Waals surface area (Å²) < 4.78 is 10.9. The van der Waals surface area contributed by atoms with Crippen LogP contribution in [0.1, 0.15) is 41.2 Å². The van der Waals surface area contributed by atoms with Crippen molar-refractivity contribution >= 4 is 5.91 Å². The Labute approximate surface area is 130 Å². The minimum atomic E-state index is -0.228. The topological polar surface area (TPSA) is 64.4 Å². The fourth-order valence-corrected chi connectivity index (χ4v) is 1.98. The first kappa shape index (κ1) is 16.1. The molecule has 0 atom stereocenters. The highest BCUT2D eigenvalue weighted by Gasteiger charge is 2.20. The summed E-state index contributed by atoms with van der Waals surface area (Å²) >= 11 is 0. The molecular weight excluding hydrogens is 280 g/mol. The van der Waals surface area contributed by atoms with E-state index in [9.17, 15) is 4.79 Å². The number of hydrogen-bond acceptors (Lipinski definition) is 4. The number of nitrogens with one attached hydrogen (secondary N) is 1. The highest BCUT2D eigenvalue weighted by Crippen LogP contribution is 2.18. The van der Waals surface area contributed by atoms with Gasteiger partial charge in [0.1, 0.15) is 18.1 Å². The van der Waals surface area contributed by atoms with Gasteiger partial charge in [-0.2, -0.15) is 0 Å². The Morgan fingerprint density at radius 3 is 2.82 bits per heavy atom. The molecule has 0 spiro atoms. The van der Waals surface area contributed by atoms with E-state index >= 15 is 0 Å². The Morgan fingerprint density at radius 2 is 2.14 bits per heavy atom. The van der Waals surface area contributed by atoms with Crippen molar-refractivity contribution in [3.63, 3.8) is 0 Å². The molecule has 1 heterocycles. The van der Waals surface area contributed by atoms with Gasteiger partial charge in [0, 0.05) is 6.54 Å². The van der Waals surface area contributed by atoms with Crippen LogP contribution in [0.3, 0.4) is 0 Å². The number of hydrogen-bond donors (Lipinski definition) is 1. The fourth-order valence-electron chi connectivity index (χ4n) is 1.98. The molecule has 2 rings (SSSR count). The Kier molecular flexibility index (Phi) is 5.20. The van der Waals surface area contributed by atoms with E-state index in [4.69, 9.17) is 9.26 Å². The number of aromatic nitrogens is 1. The summed E-state index contributed by atoms with van der Waals surface area (Å²) in [5.41, 5.74) is 2.10. The smallest absolute Gasteiger partial charge is 0.273 e. The van der Waals surface area contributed by atoms with Crippen LogP contribution in [0.4, 0.5) is 0 Å². The van der Waals surface area contributed by atoms with Gasteiger partial charge in [0.2, 0.25) is 0 Å². The summed E-state index contributed by atoms with van der Waals surface area (Å²) in [6.45, 7) is 8.71. The first-order valence-corrected chi connectivity index (χ1v) is 7.40. The Morgan fingerprint density at radius 1 is 1.36 bits per heavy atom. The third kappa shape index (κ3) is 4.10. The first-order chi connectivity index (χ1) is 10.5. The van der Waals surface area contributed by atoms with E-state index in [1.807, 2.05) is 45.0 Å². The Hall–Kier alpha value is -2.30. The average molecular weight is 302 g/mol.